The smallest absolute Gasteiger partial charge is 0.147 e. The quantitative estimate of drug-likeness (QED) is 0.294. The van der Waals surface area contributed by atoms with E-state index in [1.165, 1.54) is 0 Å². The molecule has 0 amide bonds. The number of aliphatic hydroxyl groups excluding tert-OH is 2. The van der Waals surface area contributed by atoms with Gasteiger partial charge in [0.25, 0.3) is 0 Å². The summed E-state index contributed by atoms with van der Waals surface area (Å²) >= 11 is 0. The van der Waals surface area contributed by atoms with Gasteiger partial charge in [0.1, 0.15) is 11.7 Å². The first-order chi connectivity index (χ1) is 16.3. The molecule has 0 spiro atoms. The van der Waals surface area contributed by atoms with E-state index >= 15 is 0 Å². The van der Waals surface area contributed by atoms with Gasteiger partial charge in [-0.3, -0.25) is 0 Å². The Bertz CT molecular complexity index is 1140. The normalized spacial score (nSPS) is 19.3. The fraction of sp³-hybridized carbons (Fsp3) is 0.133. The molecule has 166 valence electrons. The van der Waals surface area contributed by atoms with Crippen LogP contribution >= 0.6 is 0 Å². The van der Waals surface area contributed by atoms with E-state index < -0.39 is 5.60 Å². The Kier molecular flexibility index (Phi) is 7.48. The third-order valence-electron chi connectivity index (χ3n) is 5.75. The molecule has 1 saturated heterocycles. The summed E-state index contributed by atoms with van der Waals surface area (Å²) in [5.74, 6) is 0. The largest absolute Gasteiger partial charge is 0.393 e. The second kappa shape index (κ2) is 10.9. The van der Waals surface area contributed by atoms with Crippen molar-refractivity contribution in [3.8, 4) is 0 Å². The van der Waals surface area contributed by atoms with Crippen LogP contribution in [0.3, 0.4) is 0 Å². The van der Waals surface area contributed by atoms with Crippen molar-refractivity contribution >= 4 is 11.6 Å². The molecule has 0 aliphatic carbocycles. The van der Waals surface area contributed by atoms with Crippen molar-refractivity contribution in [2.75, 3.05) is 13.2 Å². The van der Waals surface area contributed by atoms with E-state index in [0.29, 0.717) is 0 Å². The molecular formula is C30H28O3. The Hall–Kier alpha value is -3.50. The summed E-state index contributed by atoms with van der Waals surface area (Å²) in [4.78, 5) is 0. The van der Waals surface area contributed by atoms with Crippen LogP contribution in [-0.4, -0.2) is 23.4 Å². The van der Waals surface area contributed by atoms with Gasteiger partial charge in [-0.1, -0.05) is 121 Å². The predicted molar refractivity (Wildman–Crippen MR) is 133 cm³/mol. The molecule has 33 heavy (non-hydrogen) atoms. The molecule has 1 aliphatic heterocycles. The fourth-order valence-electron chi connectivity index (χ4n) is 3.92. The Morgan fingerprint density at radius 3 is 1.76 bits per heavy atom. The highest BCUT2D eigenvalue weighted by molar-refractivity contribution is 5.81. The van der Waals surface area contributed by atoms with Gasteiger partial charge in [-0.05, 0) is 33.9 Å². The minimum absolute atomic E-state index is 0.0105. The minimum atomic E-state index is -0.539. The van der Waals surface area contributed by atoms with E-state index in [1.807, 2.05) is 127 Å². The van der Waals surface area contributed by atoms with Crippen molar-refractivity contribution in [3.63, 3.8) is 0 Å². The lowest BCUT2D eigenvalue weighted by Crippen LogP contribution is -2.15. The van der Waals surface area contributed by atoms with Gasteiger partial charge in [0.05, 0.1) is 13.2 Å². The zero-order chi connectivity index (χ0) is 22.9. The Morgan fingerprint density at radius 2 is 1.21 bits per heavy atom. The highest BCUT2D eigenvalue weighted by atomic mass is 16.6. The molecule has 4 aromatic rings. The molecule has 2 N–H and O–H groups in total. The van der Waals surface area contributed by atoms with Gasteiger partial charge >= 0.3 is 0 Å². The molecule has 3 heteroatoms. The van der Waals surface area contributed by atoms with E-state index in [2.05, 4.69) is 0 Å². The maximum atomic E-state index is 9.62. The molecule has 5 rings (SSSR count). The second-order valence-corrected chi connectivity index (χ2v) is 7.93. The van der Waals surface area contributed by atoms with Crippen LogP contribution in [0.5, 0.6) is 0 Å². The van der Waals surface area contributed by atoms with Crippen LogP contribution in [0.4, 0.5) is 0 Å². The van der Waals surface area contributed by atoms with E-state index in [4.69, 9.17) is 4.74 Å². The van der Waals surface area contributed by atoms with Gasteiger partial charge in [-0.25, -0.2) is 0 Å². The van der Waals surface area contributed by atoms with Gasteiger partial charge in [0.2, 0.25) is 0 Å². The van der Waals surface area contributed by atoms with Gasteiger partial charge < -0.3 is 14.9 Å². The summed E-state index contributed by atoms with van der Waals surface area (Å²) in [6, 6.07) is 39.9. The lowest BCUT2D eigenvalue weighted by atomic mass is 9.92. The molecule has 1 heterocycles. The van der Waals surface area contributed by atoms with Crippen molar-refractivity contribution in [2.24, 2.45) is 0 Å². The molecule has 1 aliphatic rings. The molecule has 2 atom stereocenters. The number of benzene rings is 4. The Morgan fingerprint density at radius 1 is 0.697 bits per heavy atom. The lowest BCUT2D eigenvalue weighted by Gasteiger charge is -2.09. The first kappa shape index (κ1) is 22.7. The summed E-state index contributed by atoms with van der Waals surface area (Å²) in [7, 11) is 0. The van der Waals surface area contributed by atoms with E-state index in [-0.39, 0.29) is 19.3 Å². The average molecular weight is 437 g/mol. The standard InChI is InChI=1S/C15H14O2.C15H14O/c16-11-15(13-9-5-2-6-10-13)14(17-15)12-7-3-1-4-8-12;16-12-15(14-9-5-2-6-10-14)11-13-7-3-1-4-8-13/h1-10,14,16H,11H2;1-11,16H,12H2/b;15-11-. The minimum Gasteiger partial charge on any atom is -0.393 e. The Balaban J connectivity index is 0.000000157. The Labute approximate surface area is 195 Å². The SMILES string of the molecule is OC/C(=C/c1ccccc1)c1ccccc1.OCC1(c2ccccc2)OC1c1ccccc1. The second-order valence-electron chi connectivity index (χ2n) is 7.93. The van der Waals surface area contributed by atoms with Crippen molar-refractivity contribution in [1.29, 1.82) is 0 Å². The van der Waals surface area contributed by atoms with Crippen LogP contribution in [0.2, 0.25) is 0 Å². The van der Waals surface area contributed by atoms with Crippen molar-refractivity contribution in [3.05, 3.63) is 144 Å². The molecule has 0 bridgehead atoms. The van der Waals surface area contributed by atoms with Crippen LogP contribution in [0.15, 0.2) is 121 Å². The predicted octanol–water partition coefficient (Wildman–Crippen LogP) is 5.87. The molecule has 0 aromatic heterocycles. The average Bonchev–Trinajstić information content (AvgIpc) is 3.66. The third kappa shape index (κ3) is 5.47. The summed E-state index contributed by atoms with van der Waals surface area (Å²) in [5.41, 5.74) is 4.72. The van der Waals surface area contributed by atoms with Crippen molar-refractivity contribution in [2.45, 2.75) is 11.7 Å². The van der Waals surface area contributed by atoms with Gasteiger partial charge in [0, 0.05) is 0 Å². The van der Waals surface area contributed by atoms with Crippen molar-refractivity contribution in [1.82, 2.24) is 0 Å². The highest BCUT2D eigenvalue weighted by Crippen LogP contribution is 2.56. The molecular weight excluding hydrogens is 408 g/mol. The van der Waals surface area contributed by atoms with Crippen LogP contribution < -0.4 is 0 Å². The van der Waals surface area contributed by atoms with Crippen LogP contribution in [-0.2, 0) is 10.3 Å². The van der Waals surface area contributed by atoms with Gasteiger partial charge in [-0.2, -0.15) is 0 Å². The highest BCUT2D eigenvalue weighted by Gasteiger charge is 2.58. The number of aliphatic hydroxyl groups is 2. The van der Waals surface area contributed by atoms with Crippen molar-refractivity contribution < 1.29 is 14.9 Å². The topological polar surface area (TPSA) is 53.0 Å². The fourth-order valence-corrected chi connectivity index (χ4v) is 3.92. The first-order valence-electron chi connectivity index (χ1n) is 11.1. The summed E-state index contributed by atoms with van der Waals surface area (Å²) in [6.07, 6.45) is 1.98. The molecule has 0 radical (unpaired) electrons. The first-order valence-corrected chi connectivity index (χ1v) is 11.1. The number of epoxide rings is 1. The molecule has 2 unspecified atom stereocenters. The van der Waals surface area contributed by atoms with E-state index in [9.17, 15) is 10.2 Å². The molecule has 4 aromatic carbocycles. The van der Waals surface area contributed by atoms with E-state index in [0.717, 1.165) is 27.8 Å². The van der Waals surface area contributed by atoms with Crippen LogP contribution in [0, 0.1) is 0 Å². The number of hydrogen-bond donors (Lipinski definition) is 2. The van der Waals surface area contributed by atoms with Gasteiger partial charge in [0.15, 0.2) is 0 Å². The maximum Gasteiger partial charge on any atom is 0.147 e. The summed E-state index contributed by atoms with van der Waals surface area (Å²) in [5, 5.41) is 19.0. The molecule has 0 saturated carbocycles. The number of rotatable bonds is 6. The maximum absolute atomic E-state index is 9.62. The monoisotopic (exact) mass is 436 g/mol. The summed E-state index contributed by atoms with van der Waals surface area (Å²) in [6.45, 7) is 0.0650. The number of hydrogen-bond acceptors (Lipinski definition) is 3. The lowest BCUT2D eigenvalue weighted by molar-refractivity contribution is 0.172. The third-order valence-corrected chi connectivity index (χ3v) is 5.75. The van der Waals surface area contributed by atoms with Gasteiger partial charge in [-0.15, -0.1) is 0 Å². The number of ether oxygens (including phenoxy) is 1. The summed E-state index contributed by atoms with van der Waals surface area (Å²) < 4.78 is 5.78. The van der Waals surface area contributed by atoms with Crippen LogP contribution in [0.1, 0.15) is 28.4 Å². The molecule has 3 nitrogen and oxygen atoms in total. The molecule has 1 fully saturated rings. The zero-order valence-corrected chi connectivity index (χ0v) is 18.4. The van der Waals surface area contributed by atoms with E-state index in [1.54, 1.807) is 0 Å². The zero-order valence-electron chi connectivity index (χ0n) is 18.4. The van der Waals surface area contributed by atoms with Crippen LogP contribution in [0.25, 0.3) is 11.6 Å².